The lowest BCUT2D eigenvalue weighted by molar-refractivity contribution is 0.396. The molecule has 0 aromatic carbocycles. The van der Waals surface area contributed by atoms with E-state index in [-0.39, 0.29) is 0 Å². The predicted molar refractivity (Wildman–Crippen MR) is 58.4 cm³/mol. The Labute approximate surface area is 85.0 Å². The molecule has 1 rings (SSSR count). The predicted octanol–water partition coefficient (Wildman–Crippen LogP) is 3.54. The van der Waals surface area contributed by atoms with E-state index in [9.17, 15) is 0 Å². The van der Waals surface area contributed by atoms with Crippen LogP contribution in [0.1, 0.15) is 39.7 Å². The van der Waals surface area contributed by atoms with Crippen molar-refractivity contribution in [2.45, 2.75) is 39.7 Å². The highest BCUT2D eigenvalue weighted by atomic mass is 32.1. The highest BCUT2D eigenvalue weighted by Crippen LogP contribution is 2.19. The molecule has 3 heteroatoms. The Balaban J connectivity index is 2.63. The SMILES string of the molecule is CC[C@H](C)C[C@@H](C)n1cc[nH]c1=S. The van der Waals surface area contributed by atoms with Gasteiger partial charge in [-0.3, -0.25) is 0 Å². The fraction of sp³-hybridized carbons (Fsp3) is 0.700. The van der Waals surface area contributed by atoms with Gasteiger partial charge in [-0.1, -0.05) is 20.3 Å². The molecular formula is C10H18N2S. The van der Waals surface area contributed by atoms with Gasteiger partial charge >= 0.3 is 0 Å². The summed E-state index contributed by atoms with van der Waals surface area (Å²) < 4.78 is 2.96. The highest BCUT2D eigenvalue weighted by molar-refractivity contribution is 7.71. The van der Waals surface area contributed by atoms with Crippen LogP contribution in [0.5, 0.6) is 0 Å². The zero-order valence-electron chi connectivity index (χ0n) is 8.58. The van der Waals surface area contributed by atoms with Gasteiger partial charge in [-0.05, 0) is 31.5 Å². The summed E-state index contributed by atoms with van der Waals surface area (Å²) in [6.45, 7) is 6.73. The fourth-order valence-corrected chi connectivity index (χ4v) is 1.85. The van der Waals surface area contributed by atoms with Crippen LogP contribution in [0.3, 0.4) is 0 Å². The number of nitrogens with one attached hydrogen (secondary N) is 1. The lowest BCUT2D eigenvalue weighted by Crippen LogP contribution is -2.08. The Morgan fingerprint density at radius 3 is 2.69 bits per heavy atom. The summed E-state index contributed by atoms with van der Waals surface area (Å²) in [6, 6.07) is 0.508. The molecule has 1 N–H and O–H groups in total. The molecule has 0 aliphatic heterocycles. The van der Waals surface area contributed by atoms with E-state index in [1.807, 2.05) is 12.4 Å². The highest BCUT2D eigenvalue weighted by Gasteiger charge is 2.08. The molecule has 1 aromatic rings. The Morgan fingerprint density at radius 2 is 2.23 bits per heavy atom. The number of aromatic nitrogens is 2. The second-order valence-corrected chi connectivity index (χ2v) is 4.16. The van der Waals surface area contributed by atoms with Gasteiger partial charge in [0.2, 0.25) is 0 Å². The minimum Gasteiger partial charge on any atom is -0.337 e. The maximum absolute atomic E-state index is 5.16. The number of rotatable bonds is 4. The normalized spacial score (nSPS) is 15.6. The minimum atomic E-state index is 0.508. The molecule has 0 aliphatic rings. The molecule has 0 saturated heterocycles. The van der Waals surface area contributed by atoms with Crippen LogP contribution in [-0.4, -0.2) is 9.55 Å². The van der Waals surface area contributed by atoms with E-state index >= 15 is 0 Å². The van der Waals surface area contributed by atoms with E-state index in [1.54, 1.807) is 0 Å². The van der Waals surface area contributed by atoms with Crippen molar-refractivity contribution in [2.24, 2.45) is 5.92 Å². The van der Waals surface area contributed by atoms with E-state index in [1.165, 1.54) is 12.8 Å². The molecule has 1 heterocycles. The topological polar surface area (TPSA) is 20.7 Å². The summed E-state index contributed by atoms with van der Waals surface area (Å²) in [6.07, 6.45) is 6.36. The van der Waals surface area contributed by atoms with Gasteiger partial charge in [0.05, 0.1) is 0 Å². The summed E-state index contributed by atoms with van der Waals surface area (Å²) in [5, 5.41) is 0. The third-order valence-corrected chi connectivity index (χ3v) is 2.92. The minimum absolute atomic E-state index is 0.508. The maximum Gasteiger partial charge on any atom is 0.177 e. The summed E-state index contributed by atoms with van der Waals surface area (Å²) >= 11 is 5.16. The van der Waals surface area contributed by atoms with Gasteiger partial charge in [0.1, 0.15) is 0 Å². The second-order valence-electron chi connectivity index (χ2n) is 3.77. The van der Waals surface area contributed by atoms with Crippen LogP contribution in [0.25, 0.3) is 0 Å². The molecule has 0 aliphatic carbocycles. The van der Waals surface area contributed by atoms with Gasteiger partial charge in [0.25, 0.3) is 0 Å². The molecular weight excluding hydrogens is 180 g/mol. The molecule has 13 heavy (non-hydrogen) atoms. The van der Waals surface area contributed by atoms with Crippen molar-refractivity contribution < 1.29 is 0 Å². The maximum atomic E-state index is 5.16. The summed E-state index contributed by atoms with van der Waals surface area (Å²) in [5.74, 6) is 0.770. The summed E-state index contributed by atoms with van der Waals surface area (Å²) in [4.78, 5) is 3.02. The van der Waals surface area contributed by atoms with Crippen molar-refractivity contribution in [3.8, 4) is 0 Å². The standard InChI is InChI=1S/C10H18N2S/c1-4-8(2)7-9(3)12-6-5-11-10(12)13/h5-6,8-9H,4,7H2,1-3H3,(H,11,13)/t8-,9+/m0/s1. The second kappa shape index (κ2) is 4.61. The van der Waals surface area contributed by atoms with Crippen molar-refractivity contribution in [1.29, 1.82) is 0 Å². The van der Waals surface area contributed by atoms with Crippen molar-refractivity contribution in [3.63, 3.8) is 0 Å². The van der Waals surface area contributed by atoms with Gasteiger partial charge in [0, 0.05) is 18.4 Å². The van der Waals surface area contributed by atoms with Crippen molar-refractivity contribution >= 4 is 12.2 Å². The van der Waals surface area contributed by atoms with Gasteiger partial charge in [0.15, 0.2) is 4.77 Å². The first kappa shape index (κ1) is 10.5. The van der Waals surface area contributed by atoms with Crippen molar-refractivity contribution in [1.82, 2.24) is 9.55 Å². The number of nitrogens with zero attached hydrogens (tertiary/aromatic N) is 1. The molecule has 0 radical (unpaired) electrons. The van der Waals surface area contributed by atoms with E-state index in [0.717, 1.165) is 10.7 Å². The van der Waals surface area contributed by atoms with Crippen molar-refractivity contribution in [3.05, 3.63) is 17.2 Å². The molecule has 0 amide bonds. The monoisotopic (exact) mass is 198 g/mol. The summed E-state index contributed by atoms with van der Waals surface area (Å²) in [5.41, 5.74) is 0. The fourth-order valence-electron chi connectivity index (χ4n) is 1.54. The van der Waals surface area contributed by atoms with Gasteiger partial charge in [-0.2, -0.15) is 0 Å². The number of hydrogen-bond acceptors (Lipinski definition) is 1. The average Bonchev–Trinajstić information content (AvgIpc) is 2.51. The average molecular weight is 198 g/mol. The van der Waals surface area contributed by atoms with E-state index < -0.39 is 0 Å². The molecule has 1 aromatic heterocycles. The lowest BCUT2D eigenvalue weighted by Gasteiger charge is -2.16. The van der Waals surface area contributed by atoms with Crippen LogP contribution in [0, 0.1) is 10.7 Å². The molecule has 0 spiro atoms. The zero-order valence-corrected chi connectivity index (χ0v) is 9.40. The Kier molecular flexibility index (Phi) is 3.72. The van der Waals surface area contributed by atoms with Gasteiger partial charge in [-0.15, -0.1) is 0 Å². The zero-order chi connectivity index (χ0) is 9.84. The molecule has 0 saturated carbocycles. The first-order chi connectivity index (χ1) is 6.15. The first-order valence-electron chi connectivity index (χ1n) is 4.90. The lowest BCUT2D eigenvalue weighted by atomic mass is 10.0. The summed E-state index contributed by atoms with van der Waals surface area (Å²) in [7, 11) is 0. The third kappa shape index (κ3) is 2.69. The smallest absolute Gasteiger partial charge is 0.177 e. The molecule has 2 atom stereocenters. The van der Waals surface area contributed by atoms with Crippen LogP contribution in [0.4, 0.5) is 0 Å². The van der Waals surface area contributed by atoms with E-state index in [2.05, 4.69) is 30.3 Å². The Hall–Kier alpha value is -0.570. The quantitative estimate of drug-likeness (QED) is 0.734. The molecule has 0 bridgehead atoms. The van der Waals surface area contributed by atoms with Crippen LogP contribution >= 0.6 is 12.2 Å². The van der Waals surface area contributed by atoms with Gasteiger partial charge in [-0.25, -0.2) is 0 Å². The largest absolute Gasteiger partial charge is 0.337 e. The Morgan fingerprint density at radius 1 is 1.54 bits per heavy atom. The van der Waals surface area contributed by atoms with E-state index in [0.29, 0.717) is 6.04 Å². The molecule has 0 unspecified atom stereocenters. The number of hydrogen-bond donors (Lipinski definition) is 1. The van der Waals surface area contributed by atoms with E-state index in [4.69, 9.17) is 12.2 Å². The first-order valence-corrected chi connectivity index (χ1v) is 5.31. The number of imidazole rings is 1. The van der Waals surface area contributed by atoms with Crippen LogP contribution in [-0.2, 0) is 0 Å². The molecule has 0 fully saturated rings. The van der Waals surface area contributed by atoms with Crippen LogP contribution in [0.15, 0.2) is 12.4 Å². The molecule has 2 nitrogen and oxygen atoms in total. The van der Waals surface area contributed by atoms with Crippen LogP contribution < -0.4 is 0 Å². The van der Waals surface area contributed by atoms with Crippen molar-refractivity contribution in [2.75, 3.05) is 0 Å². The number of H-pyrrole nitrogens is 1. The third-order valence-electron chi connectivity index (χ3n) is 2.59. The number of aromatic amines is 1. The van der Waals surface area contributed by atoms with Gasteiger partial charge < -0.3 is 9.55 Å². The Bertz CT molecular complexity index is 300. The molecule has 74 valence electrons. The van der Waals surface area contributed by atoms with Crippen LogP contribution in [0.2, 0.25) is 0 Å².